The highest BCUT2D eigenvalue weighted by Crippen LogP contribution is 2.33. The highest BCUT2D eigenvalue weighted by atomic mass is 15.1. The van der Waals surface area contributed by atoms with Gasteiger partial charge in [0.25, 0.3) is 0 Å². The molecule has 0 unspecified atom stereocenters. The van der Waals surface area contributed by atoms with E-state index in [2.05, 4.69) is 24.0 Å². The van der Waals surface area contributed by atoms with E-state index in [1.165, 1.54) is 0 Å². The topological polar surface area (TPSA) is 74.6 Å². The molecule has 2 aromatic carbocycles. The van der Waals surface area contributed by atoms with Gasteiger partial charge in [-0.05, 0) is 35.9 Å². The van der Waals surface area contributed by atoms with Crippen LogP contribution < -0.4 is 15.3 Å². The summed E-state index contributed by atoms with van der Waals surface area (Å²) in [6, 6.07) is 21.0. The second kappa shape index (κ2) is 7.87. The maximum atomic E-state index is 9.65. The van der Waals surface area contributed by atoms with Crippen LogP contribution in [0.15, 0.2) is 66.9 Å². The van der Waals surface area contributed by atoms with Crippen LogP contribution in [0.4, 0.5) is 5.69 Å². The molecule has 0 fully saturated rings. The molecule has 1 heterocycles. The van der Waals surface area contributed by atoms with Gasteiger partial charge in [0.2, 0.25) is 0 Å². The van der Waals surface area contributed by atoms with Crippen molar-refractivity contribution in [3.63, 3.8) is 0 Å². The number of fused-ring (bicyclic) bond motifs is 1. The third kappa shape index (κ3) is 3.49. The van der Waals surface area contributed by atoms with Gasteiger partial charge in [-0.15, -0.1) is 0 Å². The van der Waals surface area contributed by atoms with E-state index >= 15 is 0 Å². The lowest BCUT2D eigenvalue weighted by molar-refractivity contribution is 1.01. The molecule has 0 radical (unpaired) electrons. The minimum atomic E-state index is 0.0576. The molecule has 0 N–H and O–H groups in total. The molecule has 0 aromatic heterocycles. The van der Waals surface area contributed by atoms with Crippen molar-refractivity contribution in [2.45, 2.75) is 6.92 Å². The maximum absolute atomic E-state index is 9.65. The van der Waals surface area contributed by atoms with E-state index in [0.717, 1.165) is 28.6 Å². The second-order valence-corrected chi connectivity index (χ2v) is 5.92. The highest BCUT2D eigenvalue weighted by molar-refractivity contribution is 5.92. The van der Waals surface area contributed by atoms with Crippen molar-refractivity contribution in [2.75, 3.05) is 11.4 Å². The van der Waals surface area contributed by atoms with Gasteiger partial charge in [0, 0.05) is 29.2 Å². The zero-order chi connectivity index (χ0) is 19.2. The molecule has 2 aromatic rings. The molecule has 0 amide bonds. The number of hydrogen-bond donors (Lipinski definition) is 0. The van der Waals surface area contributed by atoms with Gasteiger partial charge in [-0.3, -0.25) is 0 Å². The molecule has 3 rings (SSSR count). The summed E-state index contributed by atoms with van der Waals surface area (Å²) >= 11 is 0. The normalized spacial score (nSPS) is 13.3. The summed E-state index contributed by atoms with van der Waals surface area (Å²) in [5.41, 5.74) is 3.75. The monoisotopic (exact) mass is 348 g/mol. The van der Waals surface area contributed by atoms with Crippen molar-refractivity contribution >= 4 is 22.4 Å². The Hall–Kier alpha value is -4.07. The summed E-state index contributed by atoms with van der Waals surface area (Å²) in [4.78, 5) is 2.16. The predicted octanol–water partition coefficient (Wildman–Crippen LogP) is 3.00. The lowest BCUT2D eigenvalue weighted by Crippen LogP contribution is -2.19. The largest absolute Gasteiger partial charge is 0.348 e. The first kappa shape index (κ1) is 17.7. The van der Waals surface area contributed by atoms with Crippen LogP contribution in [-0.4, -0.2) is 6.54 Å². The number of rotatable bonds is 2. The summed E-state index contributed by atoms with van der Waals surface area (Å²) in [5, 5.41) is 28.9. The lowest BCUT2D eigenvalue weighted by atomic mass is 9.97. The Balaban J connectivity index is 2.15. The standard InChI is InChI=1S/C23H16N4/c1-2-27-12-11-19(22-5-3-4-6-23(22)27)13-20(14-24)17-7-9-18(10-8-17)21(15-25)16-26/h3-13H,2H2,1H3/b19-13-. The summed E-state index contributed by atoms with van der Waals surface area (Å²) in [5.74, 6) is 0. The van der Waals surface area contributed by atoms with Gasteiger partial charge in [-0.1, -0.05) is 42.5 Å². The Morgan fingerprint density at radius 1 is 0.926 bits per heavy atom. The Labute approximate surface area is 158 Å². The molecular formula is C23H16N4. The van der Waals surface area contributed by atoms with E-state index in [1.54, 1.807) is 24.3 Å². The first-order valence-corrected chi connectivity index (χ1v) is 8.52. The van der Waals surface area contributed by atoms with Crippen LogP contribution in [0.2, 0.25) is 0 Å². The Kier molecular flexibility index (Phi) is 5.17. The van der Waals surface area contributed by atoms with E-state index in [4.69, 9.17) is 10.5 Å². The van der Waals surface area contributed by atoms with Gasteiger partial charge >= 0.3 is 0 Å². The molecule has 27 heavy (non-hydrogen) atoms. The zero-order valence-electron chi connectivity index (χ0n) is 14.8. The van der Waals surface area contributed by atoms with Crippen LogP contribution in [0.3, 0.4) is 0 Å². The molecular weight excluding hydrogens is 332 g/mol. The number of hydrogen-bond acceptors (Lipinski definition) is 4. The molecule has 0 bridgehead atoms. The van der Waals surface area contributed by atoms with Crippen molar-refractivity contribution in [3.8, 4) is 18.2 Å². The highest BCUT2D eigenvalue weighted by Gasteiger charge is 2.14. The SMILES string of the molecule is CCN1C=C/C(=C/C(C#N)=c2ccc(=C(C#N)C#N)cc2)c2ccccc21. The molecule has 0 saturated carbocycles. The number of benzene rings is 2. The van der Waals surface area contributed by atoms with Crippen molar-refractivity contribution in [1.82, 2.24) is 0 Å². The van der Waals surface area contributed by atoms with Crippen molar-refractivity contribution in [1.29, 1.82) is 15.8 Å². The van der Waals surface area contributed by atoms with E-state index in [1.807, 2.05) is 48.7 Å². The molecule has 4 heteroatoms. The van der Waals surface area contributed by atoms with Crippen LogP contribution >= 0.6 is 0 Å². The summed E-state index contributed by atoms with van der Waals surface area (Å²) < 4.78 is 0. The van der Waals surface area contributed by atoms with E-state index in [0.29, 0.717) is 10.8 Å². The van der Waals surface area contributed by atoms with Gasteiger partial charge in [0.15, 0.2) is 0 Å². The molecule has 0 spiro atoms. The molecule has 0 aliphatic carbocycles. The van der Waals surface area contributed by atoms with Crippen LogP contribution in [0.1, 0.15) is 12.5 Å². The smallest absolute Gasteiger partial charge is 0.136 e. The first-order valence-electron chi connectivity index (χ1n) is 8.52. The third-order valence-corrected chi connectivity index (χ3v) is 4.43. The maximum Gasteiger partial charge on any atom is 0.136 e. The summed E-state index contributed by atoms with van der Waals surface area (Å²) in [6.07, 6.45) is 5.90. The first-order chi connectivity index (χ1) is 13.2. The van der Waals surface area contributed by atoms with Crippen molar-refractivity contribution in [2.24, 2.45) is 0 Å². The van der Waals surface area contributed by atoms with Gasteiger partial charge in [0.1, 0.15) is 17.7 Å². The average Bonchev–Trinajstić information content (AvgIpc) is 2.73. The second-order valence-electron chi connectivity index (χ2n) is 5.92. The lowest BCUT2D eigenvalue weighted by Gasteiger charge is -2.26. The fraction of sp³-hybridized carbons (Fsp3) is 0.0870. The fourth-order valence-corrected chi connectivity index (χ4v) is 3.02. The molecule has 0 saturated heterocycles. The van der Waals surface area contributed by atoms with Gasteiger partial charge in [-0.2, -0.15) is 15.8 Å². The number of para-hydroxylation sites is 1. The number of anilines is 1. The van der Waals surface area contributed by atoms with Crippen LogP contribution in [-0.2, 0) is 0 Å². The van der Waals surface area contributed by atoms with E-state index in [9.17, 15) is 5.26 Å². The average molecular weight is 348 g/mol. The van der Waals surface area contributed by atoms with Crippen LogP contribution in [0, 0.1) is 34.0 Å². The van der Waals surface area contributed by atoms with E-state index < -0.39 is 0 Å². The number of nitriles is 3. The van der Waals surface area contributed by atoms with Gasteiger partial charge < -0.3 is 4.90 Å². The number of allylic oxidation sites excluding steroid dienone is 3. The third-order valence-electron chi connectivity index (χ3n) is 4.43. The van der Waals surface area contributed by atoms with Crippen LogP contribution in [0.25, 0.3) is 16.7 Å². The minimum Gasteiger partial charge on any atom is -0.348 e. The molecule has 1 aliphatic rings. The summed E-state index contributed by atoms with van der Waals surface area (Å²) in [7, 11) is 0. The quantitative estimate of drug-likeness (QED) is 0.836. The molecule has 4 nitrogen and oxygen atoms in total. The molecule has 0 atom stereocenters. The summed E-state index contributed by atoms with van der Waals surface area (Å²) in [6.45, 7) is 2.96. The molecule has 1 aliphatic heterocycles. The predicted molar refractivity (Wildman–Crippen MR) is 106 cm³/mol. The Morgan fingerprint density at radius 3 is 2.22 bits per heavy atom. The zero-order valence-corrected chi connectivity index (χ0v) is 14.8. The van der Waals surface area contributed by atoms with Crippen LogP contribution in [0.5, 0.6) is 0 Å². The molecule has 128 valence electrons. The van der Waals surface area contributed by atoms with Crippen molar-refractivity contribution in [3.05, 3.63) is 82.9 Å². The van der Waals surface area contributed by atoms with Crippen molar-refractivity contribution < 1.29 is 0 Å². The minimum absolute atomic E-state index is 0.0576. The van der Waals surface area contributed by atoms with Gasteiger partial charge in [0.05, 0.1) is 11.6 Å². The number of nitrogens with zero attached hydrogens (tertiary/aromatic N) is 4. The Morgan fingerprint density at radius 2 is 1.59 bits per heavy atom. The van der Waals surface area contributed by atoms with E-state index in [-0.39, 0.29) is 5.57 Å². The van der Waals surface area contributed by atoms with Gasteiger partial charge in [-0.25, -0.2) is 0 Å². The fourth-order valence-electron chi connectivity index (χ4n) is 3.02. The Bertz CT molecular complexity index is 1160.